The van der Waals surface area contributed by atoms with Crippen LogP contribution in [0, 0.1) is 5.92 Å². The Hall–Kier alpha value is -1.87. The van der Waals surface area contributed by atoms with Crippen molar-refractivity contribution in [3.63, 3.8) is 0 Å². The van der Waals surface area contributed by atoms with E-state index in [9.17, 15) is 13.2 Å². The van der Waals surface area contributed by atoms with Crippen LogP contribution in [0.5, 0.6) is 0 Å². The first-order valence-electron chi connectivity index (χ1n) is 9.40. The normalized spacial score (nSPS) is 19.4. The average Bonchev–Trinajstić information content (AvgIpc) is 3.25. The maximum Gasteiger partial charge on any atom is 0.277 e. The maximum atomic E-state index is 12.1. The molecule has 3 rings (SSSR count). The van der Waals surface area contributed by atoms with Gasteiger partial charge in [0.2, 0.25) is 11.8 Å². The summed E-state index contributed by atoms with van der Waals surface area (Å²) < 4.78 is 28.6. The molecule has 2 atom stereocenters. The molecular formula is C19H25N3O4S2. The van der Waals surface area contributed by atoms with Crippen LogP contribution in [0.15, 0.2) is 33.9 Å². The summed E-state index contributed by atoms with van der Waals surface area (Å²) in [6.45, 7) is 4.32. The Kier molecular flexibility index (Phi) is 6.77. The Balaban J connectivity index is 1.45. The first-order chi connectivity index (χ1) is 13.3. The molecule has 28 heavy (non-hydrogen) atoms. The van der Waals surface area contributed by atoms with Gasteiger partial charge in [-0.15, -0.1) is 10.2 Å². The van der Waals surface area contributed by atoms with Crippen LogP contribution in [0.2, 0.25) is 0 Å². The SMILES string of the molecule is CC[C@H](C)c1ccc(NC(=O)CSc2nnc(C[C@@H]3CCS(=O)(=O)C3)o2)cc1. The molecule has 1 fully saturated rings. The fourth-order valence-corrected chi connectivity index (χ4v) is 5.56. The van der Waals surface area contributed by atoms with Crippen LogP contribution >= 0.6 is 11.8 Å². The Morgan fingerprint density at radius 1 is 1.32 bits per heavy atom. The number of carbonyl (C=O) groups is 1. The summed E-state index contributed by atoms with van der Waals surface area (Å²) in [5, 5.41) is 11.1. The minimum atomic E-state index is -2.92. The third-order valence-electron chi connectivity index (χ3n) is 4.94. The summed E-state index contributed by atoms with van der Waals surface area (Å²) in [5.74, 6) is 1.36. The molecule has 1 aliphatic heterocycles. The van der Waals surface area contributed by atoms with Crippen LogP contribution in [-0.4, -0.2) is 41.8 Å². The molecule has 2 heterocycles. The van der Waals surface area contributed by atoms with Gasteiger partial charge in [0.15, 0.2) is 9.84 Å². The second kappa shape index (κ2) is 9.09. The molecule has 0 aliphatic carbocycles. The second-order valence-corrected chi connectivity index (χ2v) is 10.4. The van der Waals surface area contributed by atoms with Crippen LogP contribution in [0.25, 0.3) is 0 Å². The third-order valence-corrected chi connectivity index (χ3v) is 7.60. The molecule has 152 valence electrons. The summed E-state index contributed by atoms with van der Waals surface area (Å²) in [5.41, 5.74) is 2.01. The van der Waals surface area contributed by atoms with E-state index in [1.165, 1.54) is 17.3 Å². The van der Waals surface area contributed by atoms with Crippen molar-refractivity contribution in [2.24, 2.45) is 5.92 Å². The van der Waals surface area contributed by atoms with Gasteiger partial charge in [0.1, 0.15) is 0 Å². The number of amides is 1. The van der Waals surface area contributed by atoms with Crippen LogP contribution in [0.3, 0.4) is 0 Å². The fraction of sp³-hybridized carbons (Fsp3) is 0.526. The Morgan fingerprint density at radius 2 is 2.07 bits per heavy atom. The lowest BCUT2D eigenvalue weighted by Crippen LogP contribution is -2.14. The Labute approximate surface area is 169 Å². The predicted molar refractivity (Wildman–Crippen MR) is 109 cm³/mol. The third kappa shape index (κ3) is 5.81. The van der Waals surface area contributed by atoms with Gasteiger partial charge in [-0.3, -0.25) is 4.79 Å². The number of aromatic nitrogens is 2. The first kappa shape index (κ1) is 20.9. The van der Waals surface area contributed by atoms with Gasteiger partial charge in [-0.25, -0.2) is 8.42 Å². The summed E-state index contributed by atoms with van der Waals surface area (Å²) in [4.78, 5) is 12.1. The van der Waals surface area contributed by atoms with Crippen LogP contribution < -0.4 is 5.32 Å². The topological polar surface area (TPSA) is 102 Å². The van der Waals surface area contributed by atoms with Gasteiger partial charge in [0.05, 0.1) is 17.3 Å². The molecule has 9 heteroatoms. The number of benzene rings is 1. The number of rotatable bonds is 8. The lowest BCUT2D eigenvalue weighted by atomic mass is 9.99. The van der Waals surface area contributed by atoms with Crippen molar-refractivity contribution in [3.05, 3.63) is 35.7 Å². The van der Waals surface area contributed by atoms with Gasteiger partial charge in [0.25, 0.3) is 5.22 Å². The van der Waals surface area contributed by atoms with Gasteiger partial charge in [0, 0.05) is 12.1 Å². The molecule has 1 N–H and O–H groups in total. The van der Waals surface area contributed by atoms with Crippen molar-refractivity contribution in [3.8, 4) is 0 Å². The molecule has 1 aliphatic rings. The van der Waals surface area contributed by atoms with Crippen molar-refractivity contribution < 1.29 is 17.6 Å². The number of nitrogens with one attached hydrogen (secondary N) is 1. The highest BCUT2D eigenvalue weighted by molar-refractivity contribution is 7.99. The number of carbonyl (C=O) groups excluding carboxylic acids is 1. The lowest BCUT2D eigenvalue weighted by Gasteiger charge is -2.10. The van der Waals surface area contributed by atoms with E-state index >= 15 is 0 Å². The predicted octanol–water partition coefficient (Wildman–Crippen LogP) is 3.29. The van der Waals surface area contributed by atoms with Crippen LogP contribution in [0.1, 0.15) is 44.1 Å². The minimum absolute atomic E-state index is 0.0324. The Morgan fingerprint density at radius 3 is 2.71 bits per heavy atom. The molecule has 2 aromatic rings. The van der Waals surface area contributed by atoms with Gasteiger partial charge in [-0.1, -0.05) is 37.7 Å². The van der Waals surface area contributed by atoms with Gasteiger partial charge in [-0.2, -0.15) is 0 Å². The highest BCUT2D eigenvalue weighted by atomic mass is 32.2. The number of hydrogen-bond donors (Lipinski definition) is 1. The molecule has 0 saturated carbocycles. The average molecular weight is 424 g/mol. The summed E-state index contributed by atoms with van der Waals surface area (Å²) in [7, 11) is -2.92. The molecule has 1 aromatic heterocycles. The zero-order valence-corrected chi connectivity index (χ0v) is 17.7. The van der Waals surface area contributed by atoms with Crippen molar-refractivity contribution in [1.82, 2.24) is 10.2 Å². The minimum Gasteiger partial charge on any atom is -0.416 e. The second-order valence-electron chi connectivity index (χ2n) is 7.20. The van der Waals surface area contributed by atoms with E-state index in [-0.39, 0.29) is 29.1 Å². The van der Waals surface area contributed by atoms with Crippen molar-refractivity contribution in [2.75, 3.05) is 22.6 Å². The highest BCUT2D eigenvalue weighted by Gasteiger charge is 2.29. The zero-order valence-electron chi connectivity index (χ0n) is 16.1. The number of hydrogen-bond acceptors (Lipinski definition) is 7. The maximum absolute atomic E-state index is 12.1. The quantitative estimate of drug-likeness (QED) is 0.650. The van der Waals surface area contributed by atoms with E-state index < -0.39 is 9.84 Å². The number of nitrogens with zero attached hydrogens (tertiary/aromatic N) is 2. The molecular weight excluding hydrogens is 398 g/mol. The first-order valence-corrected chi connectivity index (χ1v) is 12.2. The monoisotopic (exact) mass is 423 g/mol. The summed E-state index contributed by atoms with van der Waals surface area (Å²) in [6.07, 6.45) is 2.16. The van der Waals surface area contributed by atoms with Gasteiger partial charge >= 0.3 is 0 Å². The van der Waals surface area contributed by atoms with Gasteiger partial charge < -0.3 is 9.73 Å². The smallest absolute Gasteiger partial charge is 0.277 e. The van der Waals surface area contributed by atoms with E-state index in [2.05, 4.69) is 29.4 Å². The molecule has 1 aromatic carbocycles. The van der Waals surface area contributed by atoms with E-state index in [0.717, 1.165) is 12.1 Å². The lowest BCUT2D eigenvalue weighted by molar-refractivity contribution is -0.113. The van der Waals surface area contributed by atoms with Crippen molar-refractivity contribution in [1.29, 1.82) is 0 Å². The molecule has 0 radical (unpaired) electrons. The van der Waals surface area contributed by atoms with E-state index in [1.54, 1.807) is 0 Å². The van der Waals surface area contributed by atoms with Crippen LogP contribution in [-0.2, 0) is 21.1 Å². The molecule has 0 unspecified atom stereocenters. The van der Waals surface area contributed by atoms with E-state index in [1.807, 2.05) is 24.3 Å². The number of thioether (sulfide) groups is 1. The van der Waals surface area contributed by atoms with Crippen LogP contribution in [0.4, 0.5) is 5.69 Å². The number of anilines is 1. The summed E-state index contributed by atoms with van der Waals surface area (Å²) in [6, 6.07) is 7.88. The van der Waals surface area contributed by atoms with E-state index in [4.69, 9.17) is 4.42 Å². The fourth-order valence-electron chi connectivity index (χ4n) is 3.11. The molecule has 0 bridgehead atoms. The zero-order chi connectivity index (χ0) is 20.1. The highest BCUT2D eigenvalue weighted by Crippen LogP contribution is 2.24. The van der Waals surface area contributed by atoms with Gasteiger partial charge in [-0.05, 0) is 42.4 Å². The standard InChI is InChI=1S/C19H25N3O4S2/c1-3-13(2)15-4-6-16(7-5-15)20-17(23)11-27-19-22-21-18(26-19)10-14-8-9-28(24,25)12-14/h4-7,13-14H,3,8-12H2,1-2H3,(H,20,23)/t13-,14-/m0/s1. The summed E-state index contributed by atoms with van der Waals surface area (Å²) >= 11 is 1.17. The Bertz CT molecular complexity index is 910. The van der Waals surface area contributed by atoms with Crippen molar-refractivity contribution in [2.45, 2.75) is 44.3 Å². The molecule has 7 nitrogen and oxygen atoms in total. The largest absolute Gasteiger partial charge is 0.416 e. The van der Waals surface area contributed by atoms with E-state index in [0.29, 0.717) is 29.9 Å². The molecule has 1 amide bonds. The molecule has 1 saturated heterocycles. The van der Waals surface area contributed by atoms with Crippen molar-refractivity contribution >= 4 is 33.2 Å². The molecule has 0 spiro atoms. The number of sulfone groups is 1.